The SMILES string of the molecule is CCO[Si](OCC)(N(C(C)C)C(C)C)C(C)(C)C. The lowest BCUT2D eigenvalue weighted by molar-refractivity contribution is 0.0728. The molecule has 0 aromatic rings. The molecule has 0 aliphatic heterocycles. The summed E-state index contributed by atoms with van der Waals surface area (Å²) in [6, 6.07) is 0.850. The molecule has 0 aliphatic carbocycles. The molecule has 110 valence electrons. The maximum absolute atomic E-state index is 6.26. The number of nitrogens with zero attached hydrogens (tertiary/aromatic N) is 1. The molecule has 0 aromatic heterocycles. The molecule has 0 amide bonds. The summed E-state index contributed by atoms with van der Waals surface area (Å²) in [5.41, 5.74) is 0. The van der Waals surface area contributed by atoms with Crippen molar-refractivity contribution in [3.8, 4) is 0 Å². The number of rotatable bonds is 7. The van der Waals surface area contributed by atoms with Gasteiger partial charge < -0.3 is 8.85 Å². The highest BCUT2D eigenvalue weighted by Gasteiger charge is 2.56. The van der Waals surface area contributed by atoms with Crippen molar-refractivity contribution in [2.24, 2.45) is 0 Å². The third-order valence-corrected chi connectivity index (χ3v) is 8.05. The van der Waals surface area contributed by atoms with Gasteiger partial charge in [-0.2, -0.15) is 0 Å². The molecule has 0 spiro atoms. The fraction of sp³-hybridized carbons (Fsp3) is 1.00. The van der Waals surface area contributed by atoms with Crippen LogP contribution in [0.1, 0.15) is 62.3 Å². The van der Waals surface area contributed by atoms with Gasteiger partial charge in [-0.25, -0.2) is 0 Å². The molecule has 0 fully saturated rings. The normalized spacial score (nSPS) is 14.0. The molecule has 0 aromatic carbocycles. The molecule has 3 nitrogen and oxygen atoms in total. The van der Waals surface area contributed by atoms with Gasteiger partial charge in [-0.3, -0.25) is 4.57 Å². The molecule has 0 saturated carbocycles. The van der Waals surface area contributed by atoms with Crippen molar-refractivity contribution < 1.29 is 8.85 Å². The maximum Gasteiger partial charge on any atom is 0.433 e. The predicted octanol–water partition coefficient (Wildman–Crippen LogP) is 3.92. The van der Waals surface area contributed by atoms with Crippen molar-refractivity contribution in [3.63, 3.8) is 0 Å². The highest BCUT2D eigenvalue weighted by atomic mass is 28.4. The maximum atomic E-state index is 6.26. The first-order chi connectivity index (χ1) is 8.14. The standard InChI is InChI=1S/C14H33NO2Si/c1-10-16-18(17-11-2,14(7,8)9)15(12(3)4)13(5)6/h12-13H,10-11H2,1-9H3. The first-order valence-corrected chi connectivity index (χ1v) is 8.96. The Kier molecular flexibility index (Phi) is 7.07. The van der Waals surface area contributed by atoms with Crippen molar-refractivity contribution in [3.05, 3.63) is 0 Å². The number of hydrogen-bond donors (Lipinski definition) is 0. The van der Waals surface area contributed by atoms with Crippen LogP contribution in [-0.2, 0) is 8.85 Å². The van der Waals surface area contributed by atoms with Gasteiger partial charge in [-0.1, -0.05) is 48.5 Å². The average molecular weight is 276 g/mol. The Morgan fingerprint density at radius 2 is 1.22 bits per heavy atom. The number of hydrogen-bond acceptors (Lipinski definition) is 3. The van der Waals surface area contributed by atoms with E-state index < -0.39 is 8.72 Å². The highest BCUT2D eigenvalue weighted by molar-refractivity contribution is 6.67. The summed E-state index contributed by atoms with van der Waals surface area (Å²) in [6.07, 6.45) is 0. The van der Waals surface area contributed by atoms with Gasteiger partial charge in [0.15, 0.2) is 0 Å². The molecule has 0 heterocycles. The monoisotopic (exact) mass is 275 g/mol. The van der Waals surface area contributed by atoms with E-state index in [9.17, 15) is 0 Å². The summed E-state index contributed by atoms with van der Waals surface area (Å²) in [7, 11) is -2.42. The summed E-state index contributed by atoms with van der Waals surface area (Å²) in [4.78, 5) is 0. The molecule has 0 saturated heterocycles. The summed E-state index contributed by atoms with van der Waals surface area (Å²) in [5.74, 6) is 0. The third-order valence-electron chi connectivity index (χ3n) is 3.08. The zero-order valence-corrected chi connectivity index (χ0v) is 14.8. The molecule has 0 rings (SSSR count). The Balaban J connectivity index is 5.64. The third kappa shape index (κ3) is 3.79. The van der Waals surface area contributed by atoms with Crippen LogP contribution in [-0.4, -0.2) is 38.6 Å². The Morgan fingerprint density at radius 3 is 1.39 bits per heavy atom. The molecule has 0 aliphatic rings. The van der Waals surface area contributed by atoms with E-state index in [1.165, 1.54) is 0 Å². The van der Waals surface area contributed by atoms with E-state index in [-0.39, 0.29) is 5.04 Å². The zero-order valence-electron chi connectivity index (χ0n) is 13.8. The molecule has 0 atom stereocenters. The van der Waals surface area contributed by atoms with E-state index in [1.807, 2.05) is 0 Å². The van der Waals surface area contributed by atoms with Crippen molar-refractivity contribution in [1.82, 2.24) is 4.57 Å². The highest BCUT2D eigenvalue weighted by Crippen LogP contribution is 2.41. The van der Waals surface area contributed by atoms with Crippen LogP contribution in [0, 0.1) is 0 Å². The predicted molar refractivity (Wildman–Crippen MR) is 80.8 cm³/mol. The second-order valence-corrected chi connectivity index (χ2v) is 10.1. The Morgan fingerprint density at radius 1 is 0.889 bits per heavy atom. The van der Waals surface area contributed by atoms with Crippen LogP contribution in [0.2, 0.25) is 5.04 Å². The van der Waals surface area contributed by atoms with E-state index >= 15 is 0 Å². The Hall–Kier alpha value is 0.0969. The van der Waals surface area contributed by atoms with Crippen LogP contribution in [0.25, 0.3) is 0 Å². The first kappa shape index (κ1) is 18.1. The Bertz CT molecular complexity index is 222. The molecule has 18 heavy (non-hydrogen) atoms. The fourth-order valence-corrected chi connectivity index (χ4v) is 6.84. The fourth-order valence-electron chi connectivity index (χ4n) is 2.68. The average Bonchev–Trinajstić information content (AvgIpc) is 2.14. The van der Waals surface area contributed by atoms with Gasteiger partial charge in [0.25, 0.3) is 0 Å². The second-order valence-electron chi connectivity index (χ2n) is 6.29. The van der Waals surface area contributed by atoms with E-state index in [0.29, 0.717) is 25.3 Å². The second kappa shape index (κ2) is 7.03. The van der Waals surface area contributed by atoms with Crippen LogP contribution in [0.15, 0.2) is 0 Å². The van der Waals surface area contributed by atoms with Gasteiger partial charge in [-0.05, 0) is 13.8 Å². The van der Waals surface area contributed by atoms with E-state index in [0.717, 1.165) is 0 Å². The Labute approximate surface area is 115 Å². The molecular formula is C14H33NO2Si. The van der Waals surface area contributed by atoms with Crippen LogP contribution < -0.4 is 0 Å². The smallest absolute Gasteiger partial charge is 0.383 e. The minimum atomic E-state index is -2.42. The van der Waals surface area contributed by atoms with Gasteiger partial charge in [0, 0.05) is 30.3 Å². The van der Waals surface area contributed by atoms with Gasteiger partial charge in [0.1, 0.15) is 0 Å². The lowest BCUT2D eigenvalue weighted by Crippen LogP contribution is -2.68. The first-order valence-electron chi connectivity index (χ1n) is 7.20. The van der Waals surface area contributed by atoms with Crippen molar-refractivity contribution in [1.29, 1.82) is 0 Å². The lowest BCUT2D eigenvalue weighted by atomic mass is 10.2. The van der Waals surface area contributed by atoms with Crippen molar-refractivity contribution in [2.45, 2.75) is 79.4 Å². The molecule has 0 N–H and O–H groups in total. The zero-order chi connectivity index (χ0) is 14.6. The van der Waals surface area contributed by atoms with E-state index in [2.05, 4.69) is 66.9 Å². The van der Waals surface area contributed by atoms with Crippen LogP contribution in [0.5, 0.6) is 0 Å². The van der Waals surface area contributed by atoms with E-state index in [1.54, 1.807) is 0 Å². The summed E-state index contributed by atoms with van der Waals surface area (Å²) >= 11 is 0. The van der Waals surface area contributed by atoms with Gasteiger partial charge >= 0.3 is 8.72 Å². The molecule has 0 radical (unpaired) electrons. The van der Waals surface area contributed by atoms with Gasteiger partial charge in [-0.15, -0.1) is 0 Å². The lowest BCUT2D eigenvalue weighted by Gasteiger charge is -2.50. The van der Waals surface area contributed by atoms with Crippen LogP contribution in [0.3, 0.4) is 0 Å². The van der Waals surface area contributed by atoms with Crippen molar-refractivity contribution in [2.75, 3.05) is 13.2 Å². The quantitative estimate of drug-likeness (QED) is 0.657. The summed E-state index contributed by atoms with van der Waals surface area (Å²) in [5, 5.41) is 0.0214. The molecule has 0 bridgehead atoms. The van der Waals surface area contributed by atoms with Crippen LogP contribution >= 0.6 is 0 Å². The van der Waals surface area contributed by atoms with Crippen molar-refractivity contribution >= 4 is 8.72 Å². The topological polar surface area (TPSA) is 21.7 Å². The van der Waals surface area contributed by atoms with Gasteiger partial charge in [0.2, 0.25) is 0 Å². The molecule has 4 heteroatoms. The van der Waals surface area contributed by atoms with E-state index in [4.69, 9.17) is 8.85 Å². The molecule has 0 unspecified atom stereocenters. The molecular weight excluding hydrogens is 242 g/mol. The summed E-state index contributed by atoms with van der Waals surface area (Å²) in [6.45, 7) is 21.2. The minimum Gasteiger partial charge on any atom is -0.383 e. The van der Waals surface area contributed by atoms with Gasteiger partial charge in [0.05, 0.1) is 0 Å². The summed E-state index contributed by atoms with van der Waals surface area (Å²) < 4.78 is 15.0. The largest absolute Gasteiger partial charge is 0.433 e. The van der Waals surface area contributed by atoms with Crippen LogP contribution in [0.4, 0.5) is 0 Å². The minimum absolute atomic E-state index is 0.0214.